The number of nitrogens with zero attached hydrogens (tertiary/aromatic N) is 3. The van der Waals surface area contributed by atoms with Gasteiger partial charge in [-0.2, -0.15) is 0 Å². The Hall–Kier alpha value is -2.28. The summed E-state index contributed by atoms with van der Waals surface area (Å²) < 4.78 is 6.47. The molecule has 1 aromatic heterocycles. The minimum Gasteiger partial charge on any atom is -0.371 e. The van der Waals surface area contributed by atoms with E-state index in [2.05, 4.69) is 4.98 Å². The van der Waals surface area contributed by atoms with Crippen molar-refractivity contribution in [2.45, 2.75) is 12.6 Å². The molecule has 1 fully saturated rings. The lowest BCUT2D eigenvalue weighted by atomic mass is 10.2. The fraction of sp³-hybridized carbons (Fsp3) is 0.273. The summed E-state index contributed by atoms with van der Waals surface area (Å²) in [5.74, 6) is 0. The molecule has 7 nitrogen and oxygen atoms in total. The average Bonchev–Trinajstić information content (AvgIpc) is 3.16. The molecular formula is C11H9N3O4. The van der Waals surface area contributed by atoms with Gasteiger partial charge in [0, 0.05) is 12.1 Å². The first kappa shape index (κ1) is 10.8. The van der Waals surface area contributed by atoms with Crippen LogP contribution in [-0.4, -0.2) is 27.2 Å². The molecule has 18 heavy (non-hydrogen) atoms. The topological polar surface area (TPSA) is 90.6 Å². The number of benzene rings is 1. The van der Waals surface area contributed by atoms with Crippen LogP contribution < -0.4 is 5.56 Å². The van der Waals surface area contributed by atoms with E-state index in [1.165, 1.54) is 29.1 Å². The minimum atomic E-state index is -0.528. The van der Waals surface area contributed by atoms with Crippen molar-refractivity contribution in [2.24, 2.45) is 0 Å². The van der Waals surface area contributed by atoms with Crippen LogP contribution in [0.25, 0.3) is 10.9 Å². The fourth-order valence-corrected chi connectivity index (χ4v) is 1.78. The lowest BCUT2D eigenvalue weighted by Gasteiger charge is -2.04. The number of non-ortho nitro benzene ring substituents is 1. The molecule has 7 heteroatoms. The van der Waals surface area contributed by atoms with E-state index in [0.29, 0.717) is 18.7 Å². The number of hydrogen-bond acceptors (Lipinski definition) is 5. The predicted octanol–water partition coefficient (Wildman–Crippen LogP) is 0.703. The second-order valence-corrected chi connectivity index (χ2v) is 4.12. The fourth-order valence-electron chi connectivity index (χ4n) is 1.78. The SMILES string of the molecule is O=c1c2cc([N+](=O)[O-])ccc2ncn1C[C@H]1CO1. The van der Waals surface area contributed by atoms with Crippen molar-refractivity contribution in [3.05, 3.63) is 45.0 Å². The van der Waals surface area contributed by atoms with Gasteiger partial charge in [-0.05, 0) is 6.07 Å². The van der Waals surface area contributed by atoms with Gasteiger partial charge in [0.15, 0.2) is 0 Å². The van der Waals surface area contributed by atoms with Crippen LogP contribution in [0.2, 0.25) is 0 Å². The Morgan fingerprint density at radius 1 is 1.56 bits per heavy atom. The maximum Gasteiger partial charge on any atom is 0.270 e. The molecule has 0 saturated carbocycles. The summed E-state index contributed by atoms with van der Waals surface area (Å²) in [4.78, 5) is 26.4. The molecule has 1 saturated heterocycles. The third-order valence-electron chi connectivity index (χ3n) is 2.82. The van der Waals surface area contributed by atoms with Crippen molar-refractivity contribution in [3.63, 3.8) is 0 Å². The first-order valence-electron chi connectivity index (χ1n) is 5.40. The summed E-state index contributed by atoms with van der Waals surface area (Å²) in [5.41, 5.74) is 0.0691. The van der Waals surface area contributed by atoms with Gasteiger partial charge >= 0.3 is 0 Å². The number of fused-ring (bicyclic) bond motifs is 1. The zero-order valence-corrected chi connectivity index (χ0v) is 9.28. The summed E-state index contributed by atoms with van der Waals surface area (Å²) >= 11 is 0. The van der Waals surface area contributed by atoms with Crippen LogP contribution in [0.5, 0.6) is 0 Å². The molecule has 2 aromatic rings. The second kappa shape index (κ2) is 3.88. The summed E-state index contributed by atoms with van der Waals surface area (Å²) in [6.45, 7) is 1.07. The second-order valence-electron chi connectivity index (χ2n) is 4.12. The smallest absolute Gasteiger partial charge is 0.270 e. The van der Waals surface area contributed by atoms with Crippen molar-refractivity contribution in [1.82, 2.24) is 9.55 Å². The van der Waals surface area contributed by atoms with E-state index in [0.717, 1.165) is 0 Å². The Balaban J connectivity index is 2.15. The van der Waals surface area contributed by atoms with Gasteiger partial charge in [-0.25, -0.2) is 4.98 Å². The molecule has 0 radical (unpaired) electrons. The molecule has 0 aliphatic carbocycles. The van der Waals surface area contributed by atoms with Crippen LogP contribution >= 0.6 is 0 Å². The Kier molecular flexibility index (Phi) is 2.34. The van der Waals surface area contributed by atoms with Gasteiger partial charge in [0.1, 0.15) is 0 Å². The summed E-state index contributed by atoms with van der Waals surface area (Å²) in [6.07, 6.45) is 1.50. The third-order valence-corrected chi connectivity index (χ3v) is 2.82. The molecule has 2 heterocycles. The molecule has 1 aliphatic heterocycles. The van der Waals surface area contributed by atoms with E-state index in [4.69, 9.17) is 4.74 Å². The molecule has 0 unspecified atom stereocenters. The van der Waals surface area contributed by atoms with E-state index in [9.17, 15) is 14.9 Å². The van der Waals surface area contributed by atoms with Gasteiger partial charge in [0.25, 0.3) is 11.2 Å². The number of hydrogen-bond donors (Lipinski definition) is 0. The van der Waals surface area contributed by atoms with Crippen LogP contribution in [0.4, 0.5) is 5.69 Å². The summed E-state index contributed by atoms with van der Waals surface area (Å²) in [7, 11) is 0. The van der Waals surface area contributed by atoms with Gasteiger partial charge in [0.05, 0.1) is 41.4 Å². The van der Waals surface area contributed by atoms with Gasteiger partial charge in [0.2, 0.25) is 0 Å². The first-order valence-corrected chi connectivity index (χ1v) is 5.40. The quantitative estimate of drug-likeness (QED) is 0.452. The van der Waals surface area contributed by atoms with E-state index in [1.54, 1.807) is 0 Å². The Bertz CT molecular complexity index is 690. The highest BCUT2D eigenvalue weighted by molar-refractivity contribution is 5.79. The maximum absolute atomic E-state index is 12.1. The van der Waals surface area contributed by atoms with E-state index in [-0.39, 0.29) is 22.7 Å². The molecule has 0 amide bonds. The Morgan fingerprint density at radius 3 is 3.00 bits per heavy atom. The van der Waals surface area contributed by atoms with Crippen LogP contribution in [-0.2, 0) is 11.3 Å². The molecule has 0 bridgehead atoms. The van der Waals surface area contributed by atoms with Crippen LogP contribution in [0.15, 0.2) is 29.3 Å². The zero-order valence-electron chi connectivity index (χ0n) is 9.28. The zero-order chi connectivity index (χ0) is 12.7. The molecule has 0 spiro atoms. The molecule has 1 aromatic carbocycles. The van der Waals surface area contributed by atoms with Crippen molar-refractivity contribution in [2.75, 3.05) is 6.61 Å². The molecule has 92 valence electrons. The summed E-state index contributed by atoms with van der Waals surface area (Å²) in [6, 6.07) is 4.07. The van der Waals surface area contributed by atoms with Crippen LogP contribution in [0.1, 0.15) is 0 Å². The van der Waals surface area contributed by atoms with Crippen molar-refractivity contribution < 1.29 is 9.66 Å². The van der Waals surface area contributed by atoms with Crippen molar-refractivity contribution in [1.29, 1.82) is 0 Å². The molecule has 3 rings (SSSR count). The monoisotopic (exact) mass is 247 g/mol. The number of ether oxygens (including phenoxy) is 1. The Labute approximate surface area is 101 Å². The van der Waals surface area contributed by atoms with Gasteiger partial charge < -0.3 is 4.74 Å². The normalized spacial score (nSPS) is 17.9. The maximum atomic E-state index is 12.1. The minimum absolute atomic E-state index is 0.0562. The first-order chi connectivity index (χ1) is 8.65. The largest absolute Gasteiger partial charge is 0.371 e. The van der Waals surface area contributed by atoms with E-state index in [1.807, 2.05) is 0 Å². The number of nitro benzene ring substituents is 1. The highest BCUT2D eigenvalue weighted by Crippen LogP contribution is 2.17. The molecule has 1 atom stereocenters. The highest BCUT2D eigenvalue weighted by atomic mass is 16.6. The predicted molar refractivity (Wildman–Crippen MR) is 62.4 cm³/mol. The Morgan fingerprint density at radius 2 is 2.33 bits per heavy atom. The highest BCUT2D eigenvalue weighted by Gasteiger charge is 2.23. The summed E-state index contributed by atoms with van der Waals surface area (Å²) in [5, 5.41) is 10.9. The lowest BCUT2D eigenvalue weighted by molar-refractivity contribution is -0.384. The molecular weight excluding hydrogens is 238 g/mol. The molecule has 1 aliphatic rings. The van der Waals surface area contributed by atoms with Gasteiger partial charge in [-0.15, -0.1) is 0 Å². The van der Waals surface area contributed by atoms with Crippen molar-refractivity contribution in [3.8, 4) is 0 Å². The van der Waals surface area contributed by atoms with Gasteiger partial charge in [-0.3, -0.25) is 19.5 Å². The molecule has 0 N–H and O–H groups in total. The van der Waals surface area contributed by atoms with Crippen molar-refractivity contribution >= 4 is 16.6 Å². The lowest BCUT2D eigenvalue weighted by Crippen LogP contribution is -2.22. The number of rotatable bonds is 3. The standard InChI is InChI=1S/C11H9N3O4/c15-11-9-3-7(14(16)17)1-2-10(9)12-6-13(11)4-8-5-18-8/h1-3,6,8H,4-5H2/t8-/m0/s1. The third kappa shape index (κ3) is 1.84. The van der Waals surface area contributed by atoms with Gasteiger partial charge in [-0.1, -0.05) is 0 Å². The number of nitro groups is 1. The van der Waals surface area contributed by atoms with Crippen LogP contribution in [0.3, 0.4) is 0 Å². The number of epoxide rings is 1. The van der Waals surface area contributed by atoms with E-state index < -0.39 is 4.92 Å². The van der Waals surface area contributed by atoms with E-state index >= 15 is 0 Å². The number of aromatic nitrogens is 2. The van der Waals surface area contributed by atoms with Crippen LogP contribution in [0, 0.1) is 10.1 Å². The average molecular weight is 247 g/mol.